The van der Waals surface area contributed by atoms with E-state index >= 15 is 0 Å². The van der Waals surface area contributed by atoms with Crippen molar-refractivity contribution in [2.45, 2.75) is 30.3 Å². The fourth-order valence-corrected chi connectivity index (χ4v) is 1.50. The molecule has 0 aromatic heterocycles. The second kappa shape index (κ2) is 3.11. The summed E-state index contributed by atoms with van der Waals surface area (Å²) in [5, 5.41) is 35.5. The van der Waals surface area contributed by atoms with E-state index in [1.54, 1.807) is 0 Å². The zero-order chi connectivity index (χ0) is 13.0. The molecule has 90 valence electrons. The van der Waals surface area contributed by atoms with Crippen LogP contribution >= 0.6 is 0 Å². The number of halogens is 3. The Morgan fingerprint density at radius 1 is 1.19 bits per heavy atom. The van der Waals surface area contributed by atoms with Crippen LogP contribution in [0, 0.1) is 5.41 Å². The van der Waals surface area contributed by atoms with Crippen LogP contribution in [0.1, 0.15) is 12.8 Å². The molecule has 2 radical (unpaired) electrons. The van der Waals surface area contributed by atoms with Gasteiger partial charge in [0.15, 0.2) is 0 Å². The highest BCUT2D eigenvalue weighted by molar-refractivity contribution is 6.18. The van der Waals surface area contributed by atoms with Gasteiger partial charge in [-0.15, -0.1) is 0 Å². The molecule has 1 saturated carbocycles. The second-order valence-electron chi connectivity index (χ2n) is 3.82. The van der Waals surface area contributed by atoms with Crippen molar-refractivity contribution in [1.82, 2.24) is 0 Å². The van der Waals surface area contributed by atoms with Crippen molar-refractivity contribution in [3.63, 3.8) is 0 Å². The summed E-state index contributed by atoms with van der Waals surface area (Å²) >= 11 is 0. The topological polar surface area (TPSA) is 98.0 Å². The van der Waals surface area contributed by atoms with Crippen LogP contribution in [0.15, 0.2) is 0 Å². The molecule has 9 heteroatoms. The second-order valence-corrected chi connectivity index (χ2v) is 3.82. The molecule has 0 aliphatic heterocycles. The van der Waals surface area contributed by atoms with Gasteiger partial charge in [0.05, 0.1) is 5.41 Å². The normalized spacial score (nSPS) is 23.6. The lowest BCUT2D eigenvalue weighted by atomic mass is 9.63. The van der Waals surface area contributed by atoms with Gasteiger partial charge in [-0.25, -0.2) is 4.79 Å². The van der Waals surface area contributed by atoms with E-state index in [2.05, 4.69) is 0 Å². The van der Waals surface area contributed by atoms with Crippen LogP contribution in [-0.4, -0.2) is 51.7 Å². The molecule has 0 aromatic rings. The molecule has 0 spiro atoms. The number of hydrogen-bond donors (Lipinski definition) is 4. The van der Waals surface area contributed by atoms with Gasteiger partial charge in [0.1, 0.15) is 13.3 Å². The Balaban J connectivity index is 3.18. The molecule has 0 aromatic carbocycles. The summed E-state index contributed by atoms with van der Waals surface area (Å²) in [6.07, 6.45) is -6.36. The first kappa shape index (κ1) is 13.3. The van der Waals surface area contributed by atoms with E-state index in [-0.39, 0.29) is 0 Å². The van der Waals surface area contributed by atoms with Gasteiger partial charge < -0.3 is 20.4 Å². The van der Waals surface area contributed by atoms with Crippen molar-refractivity contribution in [3.8, 4) is 0 Å². The molecule has 4 N–H and O–H groups in total. The van der Waals surface area contributed by atoms with Gasteiger partial charge in [0.2, 0.25) is 0 Å². The molecule has 0 bridgehead atoms. The highest BCUT2D eigenvalue weighted by Gasteiger charge is 2.77. The van der Waals surface area contributed by atoms with E-state index in [1.165, 1.54) is 0 Å². The molecule has 5 nitrogen and oxygen atoms in total. The van der Waals surface area contributed by atoms with Crippen molar-refractivity contribution in [1.29, 1.82) is 0 Å². The minimum absolute atomic E-state index is 0.667. The van der Waals surface area contributed by atoms with Crippen LogP contribution in [0.3, 0.4) is 0 Å². The van der Waals surface area contributed by atoms with E-state index in [1.807, 2.05) is 0 Å². The molecule has 1 aliphatic carbocycles. The molecular weight excluding hydrogens is 232 g/mol. The number of rotatable bonds is 3. The number of carbonyl (C=O) groups is 1. The number of aliphatic carboxylic acids is 1. The summed E-state index contributed by atoms with van der Waals surface area (Å²) < 4.78 is 37.6. The Hall–Kier alpha value is -0.795. The Morgan fingerprint density at radius 2 is 1.56 bits per heavy atom. The summed E-state index contributed by atoms with van der Waals surface area (Å²) in [5.41, 5.74) is -6.70. The van der Waals surface area contributed by atoms with Crippen LogP contribution in [0.25, 0.3) is 0 Å². The maximum absolute atomic E-state index is 12.5. The molecule has 0 saturated heterocycles. The zero-order valence-electron chi connectivity index (χ0n) is 7.82. The molecule has 1 fully saturated rings. The third-order valence-corrected chi connectivity index (χ3v) is 2.85. The Labute approximate surface area is 88.9 Å². The number of carboxylic acids is 1. The molecule has 0 amide bonds. The first-order valence-corrected chi connectivity index (χ1v) is 4.16. The minimum atomic E-state index is -5.03. The van der Waals surface area contributed by atoms with Gasteiger partial charge in [0, 0.05) is 0 Å². The summed E-state index contributed by atoms with van der Waals surface area (Å²) in [7, 11) is 4.78. The summed E-state index contributed by atoms with van der Waals surface area (Å²) in [6.45, 7) is 0. The molecule has 1 aliphatic rings. The van der Waals surface area contributed by atoms with Crippen LogP contribution in [0.4, 0.5) is 13.2 Å². The Kier molecular flexibility index (Phi) is 2.58. The van der Waals surface area contributed by atoms with Crippen molar-refractivity contribution in [2.75, 3.05) is 0 Å². The number of carboxylic acid groups (broad SMARTS) is 1. The third-order valence-electron chi connectivity index (χ3n) is 2.85. The minimum Gasteiger partial charge on any atom is -0.477 e. The average molecular weight is 240 g/mol. The van der Waals surface area contributed by atoms with Gasteiger partial charge in [-0.05, 0) is 12.8 Å². The van der Waals surface area contributed by atoms with Crippen LogP contribution in [0.2, 0.25) is 0 Å². The summed E-state index contributed by atoms with van der Waals surface area (Å²) in [6, 6.07) is 0. The number of alkyl halides is 3. The van der Waals surface area contributed by atoms with Crippen LogP contribution in [0.5, 0.6) is 0 Å². The van der Waals surface area contributed by atoms with E-state index in [4.69, 9.17) is 23.2 Å². The van der Waals surface area contributed by atoms with E-state index in [0.29, 0.717) is 0 Å². The standard InChI is InChI=1S/C7H8BF3O5/c8-6(16,5(14,15)3(12)13)4(1-2-4)7(9,10)11/h14-16H,1-2H2,(H,12,13). The average Bonchev–Trinajstić information content (AvgIpc) is 2.80. The lowest BCUT2D eigenvalue weighted by Crippen LogP contribution is -2.67. The molecule has 0 heterocycles. The number of aliphatic hydroxyl groups is 3. The van der Waals surface area contributed by atoms with Crippen molar-refractivity contribution in [3.05, 3.63) is 0 Å². The fraction of sp³-hybridized carbons (Fsp3) is 0.857. The van der Waals surface area contributed by atoms with E-state index in [9.17, 15) is 23.1 Å². The third kappa shape index (κ3) is 1.42. The SMILES string of the molecule is [B]C(O)(C(O)(O)C(=O)O)C1(C(F)(F)F)CC1. The molecule has 1 unspecified atom stereocenters. The smallest absolute Gasteiger partial charge is 0.396 e. The summed E-state index contributed by atoms with van der Waals surface area (Å²) in [5.74, 6) is -6.52. The Bertz CT molecular complexity index is 320. The van der Waals surface area contributed by atoms with Gasteiger partial charge in [0.25, 0.3) is 5.79 Å². The maximum Gasteiger partial charge on any atom is 0.396 e. The Morgan fingerprint density at radius 3 is 1.75 bits per heavy atom. The van der Waals surface area contributed by atoms with Crippen molar-refractivity contribution in [2.24, 2.45) is 5.41 Å². The molecule has 1 atom stereocenters. The lowest BCUT2D eigenvalue weighted by Gasteiger charge is -2.41. The van der Waals surface area contributed by atoms with Crippen molar-refractivity contribution >= 4 is 13.8 Å². The quantitative estimate of drug-likeness (QED) is 0.372. The van der Waals surface area contributed by atoms with Gasteiger partial charge >= 0.3 is 12.1 Å². The predicted octanol–water partition coefficient (Wildman–Crippen LogP) is -1.05. The predicted molar refractivity (Wildman–Crippen MR) is 43.2 cm³/mol. The van der Waals surface area contributed by atoms with Gasteiger partial charge in [-0.3, -0.25) is 0 Å². The van der Waals surface area contributed by atoms with E-state index in [0.717, 1.165) is 0 Å². The molecule has 16 heavy (non-hydrogen) atoms. The fourth-order valence-electron chi connectivity index (χ4n) is 1.50. The highest BCUT2D eigenvalue weighted by Crippen LogP contribution is 2.64. The maximum atomic E-state index is 12.5. The molecular formula is C7H8BF3O5. The highest BCUT2D eigenvalue weighted by atomic mass is 19.4. The first-order valence-electron chi connectivity index (χ1n) is 4.16. The van der Waals surface area contributed by atoms with Gasteiger partial charge in [-0.2, -0.15) is 13.2 Å². The van der Waals surface area contributed by atoms with Crippen LogP contribution < -0.4 is 0 Å². The lowest BCUT2D eigenvalue weighted by molar-refractivity contribution is -0.305. The first-order chi connectivity index (χ1) is 6.90. The van der Waals surface area contributed by atoms with E-state index < -0.39 is 41.7 Å². The van der Waals surface area contributed by atoms with Gasteiger partial charge in [-0.1, -0.05) is 0 Å². The monoisotopic (exact) mass is 240 g/mol. The number of hydrogen-bond acceptors (Lipinski definition) is 4. The van der Waals surface area contributed by atoms with Crippen LogP contribution in [-0.2, 0) is 4.79 Å². The zero-order valence-corrected chi connectivity index (χ0v) is 7.82. The summed E-state index contributed by atoms with van der Waals surface area (Å²) in [4.78, 5) is 10.4. The largest absolute Gasteiger partial charge is 0.477 e. The van der Waals surface area contributed by atoms with Crippen molar-refractivity contribution < 1.29 is 38.4 Å². The molecule has 1 rings (SSSR count).